The van der Waals surface area contributed by atoms with Crippen molar-refractivity contribution in [2.24, 2.45) is 0 Å². The van der Waals surface area contributed by atoms with Crippen LogP contribution in [0.4, 0.5) is 5.69 Å². The molecule has 1 aliphatic carbocycles. The van der Waals surface area contributed by atoms with Crippen LogP contribution in [0.3, 0.4) is 0 Å². The molecule has 7 heteroatoms. The number of morpholine rings is 1. The molecule has 1 heterocycles. The molecule has 2 aromatic rings. The van der Waals surface area contributed by atoms with Gasteiger partial charge in [0.2, 0.25) is 11.8 Å². The Morgan fingerprint density at radius 2 is 2.00 bits per heavy atom. The average Bonchev–Trinajstić information content (AvgIpc) is 2.70. The first kappa shape index (κ1) is 21.1. The maximum Gasteiger partial charge on any atom is 0.249 e. The molecule has 0 radical (unpaired) electrons. The minimum absolute atomic E-state index is 0. The Balaban J connectivity index is 0.00000240. The fourth-order valence-electron chi connectivity index (χ4n) is 4.05. The van der Waals surface area contributed by atoms with E-state index >= 15 is 0 Å². The van der Waals surface area contributed by atoms with Gasteiger partial charge in [0.05, 0.1) is 12.6 Å². The summed E-state index contributed by atoms with van der Waals surface area (Å²) in [4.78, 5) is 27.2. The molecule has 2 aromatic carbocycles. The zero-order valence-corrected chi connectivity index (χ0v) is 17.0. The lowest BCUT2D eigenvalue weighted by molar-refractivity contribution is -0.156. The molecule has 29 heavy (non-hydrogen) atoms. The standard InChI is InChI=1S/C22H25N3O3.ClH/c23-17-9-10-18-16(11-17)7-4-8-19(18)24-22(27)20-13-28-14-21(26)25(20)12-15-5-2-1-3-6-15;/h1-3,5-6,9-11,19-20H,4,7-8,12-14,23H2,(H,24,27);1H/t19?,20-;/m1./s1. The van der Waals surface area contributed by atoms with E-state index in [4.69, 9.17) is 10.5 Å². The van der Waals surface area contributed by atoms with E-state index in [1.165, 1.54) is 5.56 Å². The summed E-state index contributed by atoms with van der Waals surface area (Å²) in [6, 6.07) is 14.9. The van der Waals surface area contributed by atoms with Crippen molar-refractivity contribution >= 4 is 29.9 Å². The number of fused-ring (bicyclic) bond motifs is 1. The highest BCUT2D eigenvalue weighted by Crippen LogP contribution is 2.31. The molecule has 2 atom stereocenters. The van der Waals surface area contributed by atoms with Gasteiger partial charge in [-0.05, 0) is 48.1 Å². The second-order valence-electron chi connectivity index (χ2n) is 7.45. The number of hydrogen-bond donors (Lipinski definition) is 2. The van der Waals surface area contributed by atoms with Gasteiger partial charge in [0.1, 0.15) is 12.6 Å². The van der Waals surface area contributed by atoms with Crippen molar-refractivity contribution in [3.8, 4) is 0 Å². The van der Waals surface area contributed by atoms with Crippen LogP contribution in [0.1, 0.15) is 35.6 Å². The van der Waals surface area contributed by atoms with E-state index in [0.717, 1.165) is 36.1 Å². The van der Waals surface area contributed by atoms with Gasteiger partial charge < -0.3 is 20.7 Å². The highest BCUT2D eigenvalue weighted by molar-refractivity contribution is 5.89. The predicted octanol–water partition coefficient (Wildman–Crippen LogP) is 2.61. The van der Waals surface area contributed by atoms with E-state index in [1.54, 1.807) is 4.90 Å². The van der Waals surface area contributed by atoms with Gasteiger partial charge in [0.15, 0.2) is 0 Å². The van der Waals surface area contributed by atoms with Crippen molar-refractivity contribution in [3.63, 3.8) is 0 Å². The van der Waals surface area contributed by atoms with Crippen LogP contribution in [-0.4, -0.2) is 36.0 Å². The van der Waals surface area contributed by atoms with Gasteiger partial charge in [-0.2, -0.15) is 0 Å². The van der Waals surface area contributed by atoms with Gasteiger partial charge in [0.25, 0.3) is 0 Å². The van der Waals surface area contributed by atoms with Crippen LogP contribution < -0.4 is 11.1 Å². The minimum Gasteiger partial charge on any atom is -0.399 e. The second kappa shape index (κ2) is 9.29. The molecule has 6 nitrogen and oxygen atoms in total. The van der Waals surface area contributed by atoms with Crippen LogP contribution >= 0.6 is 12.4 Å². The molecule has 0 saturated carbocycles. The third-order valence-corrected chi connectivity index (χ3v) is 5.49. The van der Waals surface area contributed by atoms with E-state index in [-0.39, 0.29) is 43.5 Å². The quantitative estimate of drug-likeness (QED) is 0.752. The fourth-order valence-corrected chi connectivity index (χ4v) is 4.05. The van der Waals surface area contributed by atoms with Crippen molar-refractivity contribution in [2.75, 3.05) is 18.9 Å². The number of benzene rings is 2. The molecular weight excluding hydrogens is 390 g/mol. The number of amides is 2. The van der Waals surface area contributed by atoms with Gasteiger partial charge in [0, 0.05) is 12.2 Å². The number of carbonyl (C=O) groups is 2. The van der Waals surface area contributed by atoms with Crippen LogP contribution in [0.15, 0.2) is 48.5 Å². The van der Waals surface area contributed by atoms with E-state index < -0.39 is 6.04 Å². The Bertz CT molecular complexity index is 875. The second-order valence-corrected chi connectivity index (χ2v) is 7.45. The molecular formula is C22H26ClN3O3. The zero-order valence-electron chi connectivity index (χ0n) is 16.2. The van der Waals surface area contributed by atoms with Crippen LogP contribution in [0, 0.1) is 0 Å². The van der Waals surface area contributed by atoms with Gasteiger partial charge in [-0.15, -0.1) is 12.4 Å². The zero-order chi connectivity index (χ0) is 19.5. The maximum absolute atomic E-state index is 13.1. The molecule has 4 rings (SSSR count). The van der Waals surface area contributed by atoms with Gasteiger partial charge >= 0.3 is 0 Å². The Kier molecular flexibility index (Phi) is 6.77. The van der Waals surface area contributed by atoms with E-state index in [1.807, 2.05) is 48.5 Å². The Morgan fingerprint density at radius 3 is 2.79 bits per heavy atom. The number of nitrogens with two attached hydrogens (primary N) is 1. The van der Waals surface area contributed by atoms with Gasteiger partial charge in [-0.3, -0.25) is 9.59 Å². The summed E-state index contributed by atoms with van der Waals surface area (Å²) < 4.78 is 5.39. The summed E-state index contributed by atoms with van der Waals surface area (Å²) in [6.45, 7) is 0.632. The molecule has 1 aliphatic heterocycles. The number of halogens is 1. The summed E-state index contributed by atoms with van der Waals surface area (Å²) in [5, 5.41) is 3.15. The van der Waals surface area contributed by atoms with Crippen LogP contribution in [0.2, 0.25) is 0 Å². The molecule has 2 amide bonds. The molecule has 0 bridgehead atoms. The lowest BCUT2D eigenvalue weighted by Gasteiger charge is -2.36. The molecule has 154 valence electrons. The number of aryl methyl sites for hydroxylation is 1. The summed E-state index contributed by atoms with van der Waals surface area (Å²) in [5.41, 5.74) is 9.95. The van der Waals surface area contributed by atoms with Crippen LogP contribution in [-0.2, 0) is 27.3 Å². The van der Waals surface area contributed by atoms with Crippen molar-refractivity contribution in [2.45, 2.75) is 37.9 Å². The van der Waals surface area contributed by atoms with Crippen LogP contribution in [0.5, 0.6) is 0 Å². The number of nitrogens with one attached hydrogen (secondary N) is 1. The number of nitrogens with zero attached hydrogens (tertiary/aromatic N) is 1. The number of nitrogen functional groups attached to an aromatic ring is 1. The van der Waals surface area contributed by atoms with Crippen molar-refractivity contribution in [1.29, 1.82) is 0 Å². The molecule has 1 fully saturated rings. The third-order valence-electron chi connectivity index (χ3n) is 5.49. The highest BCUT2D eigenvalue weighted by atomic mass is 35.5. The number of hydrogen-bond acceptors (Lipinski definition) is 4. The van der Waals surface area contributed by atoms with Crippen molar-refractivity contribution in [1.82, 2.24) is 10.2 Å². The summed E-state index contributed by atoms with van der Waals surface area (Å²) >= 11 is 0. The Labute approximate surface area is 176 Å². The first-order valence-electron chi connectivity index (χ1n) is 9.71. The smallest absolute Gasteiger partial charge is 0.249 e. The first-order valence-corrected chi connectivity index (χ1v) is 9.71. The van der Waals surface area contributed by atoms with Crippen molar-refractivity contribution < 1.29 is 14.3 Å². The fraction of sp³-hybridized carbons (Fsp3) is 0.364. The third kappa shape index (κ3) is 4.71. The molecule has 0 aromatic heterocycles. The molecule has 2 aliphatic rings. The van der Waals surface area contributed by atoms with E-state index in [9.17, 15) is 9.59 Å². The lowest BCUT2D eigenvalue weighted by atomic mass is 9.87. The molecule has 1 unspecified atom stereocenters. The molecule has 1 saturated heterocycles. The Morgan fingerprint density at radius 1 is 1.21 bits per heavy atom. The number of anilines is 1. The predicted molar refractivity (Wildman–Crippen MR) is 114 cm³/mol. The summed E-state index contributed by atoms with van der Waals surface area (Å²) in [6.07, 6.45) is 2.84. The average molecular weight is 416 g/mol. The number of rotatable bonds is 4. The number of ether oxygens (including phenoxy) is 1. The monoisotopic (exact) mass is 415 g/mol. The van der Waals surface area contributed by atoms with Gasteiger partial charge in [-0.25, -0.2) is 0 Å². The SMILES string of the molecule is Cl.Nc1ccc2c(c1)CCCC2NC(=O)[C@H]1COCC(=O)N1Cc1ccccc1. The van der Waals surface area contributed by atoms with E-state index in [0.29, 0.717) is 6.54 Å². The molecule has 3 N–H and O–H groups in total. The van der Waals surface area contributed by atoms with Crippen molar-refractivity contribution in [3.05, 3.63) is 65.2 Å². The minimum atomic E-state index is -0.624. The number of carbonyl (C=O) groups excluding carboxylic acids is 2. The summed E-state index contributed by atoms with van der Waals surface area (Å²) in [5.74, 6) is -0.328. The maximum atomic E-state index is 13.1. The first-order chi connectivity index (χ1) is 13.6. The van der Waals surface area contributed by atoms with E-state index in [2.05, 4.69) is 5.32 Å². The lowest BCUT2D eigenvalue weighted by Crippen LogP contribution is -2.56. The largest absolute Gasteiger partial charge is 0.399 e. The van der Waals surface area contributed by atoms with Gasteiger partial charge in [-0.1, -0.05) is 36.4 Å². The Hall–Kier alpha value is -2.57. The highest BCUT2D eigenvalue weighted by Gasteiger charge is 2.35. The van der Waals surface area contributed by atoms with Crippen LogP contribution in [0.25, 0.3) is 0 Å². The topological polar surface area (TPSA) is 84.7 Å². The summed E-state index contributed by atoms with van der Waals surface area (Å²) in [7, 11) is 0. The molecule has 0 spiro atoms. The normalized spacial score (nSPS) is 21.1.